The Kier molecular flexibility index (Phi) is 6.74. The maximum absolute atomic E-state index is 12.6. The molecule has 0 aliphatic carbocycles. The van der Waals surface area contributed by atoms with E-state index in [0.29, 0.717) is 18.9 Å². The number of morpholine rings is 1. The molecule has 0 saturated carbocycles. The maximum Gasteiger partial charge on any atom is 0.433 e. The van der Waals surface area contributed by atoms with Gasteiger partial charge in [0.1, 0.15) is 5.69 Å². The number of carbonyl (C=O) groups is 1. The van der Waals surface area contributed by atoms with Gasteiger partial charge in [-0.05, 0) is 30.3 Å². The fourth-order valence-corrected chi connectivity index (χ4v) is 3.37. The Labute approximate surface area is 164 Å². The van der Waals surface area contributed by atoms with Crippen molar-refractivity contribution in [1.29, 1.82) is 0 Å². The van der Waals surface area contributed by atoms with E-state index in [9.17, 15) is 18.0 Å². The lowest BCUT2D eigenvalue weighted by Gasteiger charge is -2.28. The largest absolute Gasteiger partial charge is 0.433 e. The van der Waals surface area contributed by atoms with Gasteiger partial charge >= 0.3 is 6.18 Å². The Morgan fingerprint density at radius 3 is 2.57 bits per heavy atom. The van der Waals surface area contributed by atoms with E-state index in [4.69, 9.17) is 4.74 Å². The number of benzene rings is 1. The molecule has 1 amide bonds. The molecule has 28 heavy (non-hydrogen) atoms. The van der Waals surface area contributed by atoms with Gasteiger partial charge in [-0.3, -0.25) is 4.79 Å². The maximum atomic E-state index is 12.6. The van der Waals surface area contributed by atoms with Crippen molar-refractivity contribution in [2.24, 2.45) is 0 Å². The van der Waals surface area contributed by atoms with Crippen molar-refractivity contribution in [2.75, 3.05) is 42.3 Å². The second-order valence-corrected chi connectivity index (χ2v) is 7.08. The zero-order chi connectivity index (χ0) is 20.0. The molecule has 10 heteroatoms. The first-order valence-corrected chi connectivity index (χ1v) is 9.66. The second-order valence-electron chi connectivity index (χ2n) is 6.02. The van der Waals surface area contributed by atoms with E-state index >= 15 is 0 Å². The third-order valence-corrected chi connectivity index (χ3v) is 4.87. The molecule has 1 aromatic carbocycles. The second kappa shape index (κ2) is 9.24. The summed E-state index contributed by atoms with van der Waals surface area (Å²) >= 11 is 1.01. The number of halogens is 3. The number of rotatable bonds is 6. The van der Waals surface area contributed by atoms with E-state index < -0.39 is 11.9 Å². The monoisotopic (exact) mass is 412 g/mol. The lowest BCUT2D eigenvalue weighted by molar-refractivity contribution is -0.141. The van der Waals surface area contributed by atoms with Crippen LogP contribution >= 0.6 is 11.8 Å². The van der Waals surface area contributed by atoms with Crippen molar-refractivity contribution in [3.05, 3.63) is 42.2 Å². The minimum atomic E-state index is -4.51. The SMILES string of the molecule is O=C(CCSc1nccc(C(F)(F)F)n1)Nc1ccc(N2CCOCC2)cc1. The van der Waals surface area contributed by atoms with E-state index in [1.54, 1.807) is 0 Å². The quantitative estimate of drug-likeness (QED) is 0.579. The van der Waals surface area contributed by atoms with Crippen LogP contribution in [0.4, 0.5) is 24.5 Å². The van der Waals surface area contributed by atoms with Gasteiger partial charge in [-0.2, -0.15) is 13.2 Å². The molecular formula is C18H19F3N4O2S. The highest BCUT2D eigenvalue weighted by Gasteiger charge is 2.32. The molecule has 1 fully saturated rings. The van der Waals surface area contributed by atoms with Crippen molar-refractivity contribution in [2.45, 2.75) is 17.8 Å². The molecule has 1 aliphatic heterocycles. The number of anilines is 2. The fourth-order valence-electron chi connectivity index (χ4n) is 2.60. The van der Waals surface area contributed by atoms with Crippen molar-refractivity contribution < 1.29 is 22.7 Å². The van der Waals surface area contributed by atoms with Crippen LogP contribution in [0, 0.1) is 0 Å². The van der Waals surface area contributed by atoms with Crippen LogP contribution in [0.25, 0.3) is 0 Å². The Bertz CT molecular complexity index is 796. The summed E-state index contributed by atoms with van der Waals surface area (Å²) in [5.74, 6) is 0.0533. The molecule has 1 saturated heterocycles. The summed E-state index contributed by atoms with van der Waals surface area (Å²) in [5, 5.41) is 2.78. The predicted molar refractivity (Wildman–Crippen MR) is 100 cm³/mol. The topological polar surface area (TPSA) is 67.4 Å². The molecular weight excluding hydrogens is 393 g/mol. The van der Waals surface area contributed by atoms with Gasteiger partial charge in [0.15, 0.2) is 5.16 Å². The van der Waals surface area contributed by atoms with Gasteiger partial charge in [-0.1, -0.05) is 11.8 Å². The van der Waals surface area contributed by atoms with E-state index in [-0.39, 0.29) is 23.2 Å². The van der Waals surface area contributed by atoms with Crippen LogP contribution in [0.5, 0.6) is 0 Å². The lowest BCUT2D eigenvalue weighted by atomic mass is 10.2. The van der Waals surface area contributed by atoms with E-state index in [0.717, 1.165) is 42.8 Å². The smallest absolute Gasteiger partial charge is 0.378 e. The average molecular weight is 412 g/mol. The minimum Gasteiger partial charge on any atom is -0.378 e. The summed E-state index contributed by atoms with van der Waals surface area (Å²) in [6.45, 7) is 3.07. The Balaban J connectivity index is 1.45. The summed E-state index contributed by atoms with van der Waals surface area (Å²) in [6.07, 6.45) is -3.31. The van der Waals surface area contributed by atoms with Crippen LogP contribution in [0.15, 0.2) is 41.7 Å². The molecule has 0 atom stereocenters. The number of nitrogens with one attached hydrogen (secondary N) is 1. The standard InChI is InChI=1S/C18H19F3N4O2S/c19-18(20,21)15-5-7-22-17(24-15)28-12-6-16(26)23-13-1-3-14(4-2-13)25-8-10-27-11-9-25/h1-5,7H,6,8-12H2,(H,23,26). The molecule has 0 unspecified atom stereocenters. The summed E-state index contributed by atoms with van der Waals surface area (Å²) in [6, 6.07) is 8.34. The molecule has 3 rings (SSSR count). The zero-order valence-corrected chi connectivity index (χ0v) is 15.7. The molecule has 1 aliphatic rings. The highest BCUT2D eigenvalue weighted by molar-refractivity contribution is 7.99. The number of nitrogens with zero attached hydrogens (tertiary/aromatic N) is 3. The number of aromatic nitrogens is 2. The highest BCUT2D eigenvalue weighted by atomic mass is 32.2. The molecule has 1 N–H and O–H groups in total. The van der Waals surface area contributed by atoms with Gasteiger partial charge < -0.3 is 15.0 Å². The van der Waals surface area contributed by atoms with E-state index in [2.05, 4.69) is 20.2 Å². The van der Waals surface area contributed by atoms with Gasteiger partial charge in [-0.15, -0.1) is 0 Å². The first-order valence-electron chi connectivity index (χ1n) is 8.67. The number of carbonyl (C=O) groups excluding carboxylic acids is 1. The first-order chi connectivity index (χ1) is 13.4. The van der Waals surface area contributed by atoms with Crippen molar-refractivity contribution in [3.8, 4) is 0 Å². The zero-order valence-electron chi connectivity index (χ0n) is 14.9. The molecule has 2 heterocycles. The fraction of sp³-hybridized carbons (Fsp3) is 0.389. The summed E-state index contributed by atoms with van der Waals surface area (Å²) < 4.78 is 43.2. The van der Waals surface area contributed by atoms with E-state index in [1.807, 2.05) is 24.3 Å². The molecule has 1 aromatic heterocycles. The molecule has 150 valence electrons. The third-order valence-electron chi connectivity index (χ3n) is 4.01. The van der Waals surface area contributed by atoms with Gasteiger partial charge in [0.25, 0.3) is 0 Å². The summed E-state index contributed by atoms with van der Waals surface area (Å²) in [4.78, 5) is 21.5. The number of alkyl halides is 3. The summed E-state index contributed by atoms with van der Waals surface area (Å²) in [7, 11) is 0. The third kappa shape index (κ3) is 5.83. The predicted octanol–water partition coefficient (Wildman–Crippen LogP) is 3.45. The number of thioether (sulfide) groups is 1. The van der Waals surface area contributed by atoms with E-state index in [1.165, 1.54) is 0 Å². The minimum absolute atomic E-state index is 0.00232. The Morgan fingerprint density at radius 1 is 1.18 bits per heavy atom. The molecule has 6 nitrogen and oxygen atoms in total. The number of hydrogen-bond acceptors (Lipinski definition) is 6. The van der Waals surface area contributed by atoms with Gasteiger partial charge in [0.05, 0.1) is 13.2 Å². The van der Waals surface area contributed by atoms with Gasteiger partial charge in [0.2, 0.25) is 5.91 Å². The molecule has 0 bridgehead atoms. The molecule has 0 spiro atoms. The molecule has 2 aromatic rings. The number of hydrogen-bond donors (Lipinski definition) is 1. The van der Waals surface area contributed by atoms with Crippen molar-refractivity contribution in [3.63, 3.8) is 0 Å². The van der Waals surface area contributed by atoms with Gasteiger partial charge in [-0.25, -0.2) is 9.97 Å². The van der Waals surface area contributed by atoms with Crippen LogP contribution in [0.1, 0.15) is 12.1 Å². The average Bonchev–Trinajstić information content (AvgIpc) is 2.69. The van der Waals surface area contributed by atoms with Crippen LogP contribution in [0.2, 0.25) is 0 Å². The van der Waals surface area contributed by atoms with Crippen LogP contribution in [-0.2, 0) is 15.7 Å². The van der Waals surface area contributed by atoms with Crippen LogP contribution in [-0.4, -0.2) is 47.9 Å². The normalized spacial score (nSPS) is 14.8. The Morgan fingerprint density at radius 2 is 1.89 bits per heavy atom. The summed E-state index contributed by atoms with van der Waals surface area (Å²) in [5.41, 5.74) is 0.746. The van der Waals surface area contributed by atoms with Crippen molar-refractivity contribution >= 4 is 29.0 Å². The van der Waals surface area contributed by atoms with Gasteiger partial charge in [0, 0.05) is 42.8 Å². The van der Waals surface area contributed by atoms with Crippen LogP contribution in [0.3, 0.4) is 0 Å². The lowest BCUT2D eigenvalue weighted by Crippen LogP contribution is -2.36. The Hall–Kier alpha value is -2.33. The number of ether oxygens (including phenoxy) is 1. The van der Waals surface area contributed by atoms with Crippen LogP contribution < -0.4 is 10.2 Å². The highest BCUT2D eigenvalue weighted by Crippen LogP contribution is 2.28. The van der Waals surface area contributed by atoms with Crippen molar-refractivity contribution in [1.82, 2.24) is 9.97 Å². The molecule has 0 radical (unpaired) electrons. The number of amides is 1. The first kappa shape index (κ1) is 20.4.